The molecule has 0 heterocycles. The van der Waals surface area contributed by atoms with Gasteiger partial charge in [-0.15, -0.1) is 0 Å². The average Bonchev–Trinajstić information content (AvgIpc) is 2.73. The van der Waals surface area contributed by atoms with Gasteiger partial charge < -0.3 is 0 Å². The summed E-state index contributed by atoms with van der Waals surface area (Å²) in [6.07, 6.45) is -4.59. The predicted molar refractivity (Wildman–Crippen MR) is 111 cm³/mol. The molecular formula is C20H17F3N2O4S2. The Balaban J connectivity index is 1.88. The maximum Gasteiger partial charge on any atom is 0.416 e. The van der Waals surface area contributed by atoms with E-state index in [2.05, 4.69) is 4.72 Å². The van der Waals surface area contributed by atoms with Crippen molar-refractivity contribution in [3.8, 4) is 0 Å². The SMILES string of the molecule is CN(c1ccccc1)S(=O)(=O)c1cccc(NS(=O)(=O)c2ccc(C(F)(F)F)cc2)c1. The number of benzene rings is 3. The zero-order chi connectivity index (χ0) is 22.9. The van der Waals surface area contributed by atoms with Gasteiger partial charge in [0.05, 0.1) is 26.7 Å². The number of nitrogens with one attached hydrogen (secondary N) is 1. The number of alkyl halides is 3. The summed E-state index contributed by atoms with van der Waals surface area (Å²) in [4.78, 5) is -0.554. The molecule has 0 aliphatic rings. The van der Waals surface area contributed by atoms with E-state index in [1.54, 1.807) is 30.3 Å². The van der Waals surface area contributed by atoms with Gasteiger partial charge in [0.25, 0.3) is 20.0 Å². The second kappa shape index (κ2) is 8.23. The van der Waals surface area contributed by atoms with Crippen molar-refractivity contribution >= 4 is 31.4 Å². The number of anilines is 2. The van der Waals surface area contributed by atoms with Crippen molar-refractivity contribution in [2.24, 2.45) is 0 Å². The van der Waals surface area contributed by atoms with Gasteiger partial charge in [-0.1, -0.05) is 24.3 Å². The van der Waals surface area contributed by atoms with Crippen LogP contribution in [0.15, 0.2) is 88.7 Å². The lowest BCUT2D eigenvalue weighted by atomic mass is 10.2. The van der Waals surface area contributed by atoms with Gasteiger partial charge in [-0.3, -0.25) is 9.03 Å². The van der Waals surface area contributed by atoms with Crippen LogP contribution in [0.25, 0.3) is 0 Å². The molecule has 164 valence electrons. The minimum absolute atomic E-state index is 0.0533. The minimum atomic E-state index is -4.59. The van der Waals surface area contributed by atoms with Gasteiger partial charge in [0.15, 0.2) is 0 Å². The first kappa shape index (κ1) is 22.6. The van der Waals surface area contributed by atoms with Crippen LogP contribution >= 0.6 is 0 Å². The first-order valence-electron chi connectivity index (χ1n) is 8.75. The molecule has 0 bridgehead atoms. The maximum absolute atomic E-state index is 12.9. The summed E-state index contributed by atoms with van der Waals surface area (Å²) < 4.78 is 92.1. The van der Waals surface area contributed by atoms with E-state index in [0.29, 0.717) is 17.8 Å². The number of rotatable bonds is 6. The largest absolute Gasteiger partial charge is 0.416 e. The van der Waals surface area contributed by atoms with Crippen LogP contribution in [-0.4, -0.2) is 23.9 Å². The smallest absolute Gasteiger partial charge is 0.280 e. The van der Waals surface area contributed by atoms with E-state index in [-0.39, 0.29) is 10.6 Å². The van der Waals surface area contributed by atoms with E-state index in [0.717, 1.165) is 22.5 Å². The summed E-state index contributed by atoms with van der Waals surface area (Å²) >= 11 is 0. The van der Waals surface area contributed by atoms with Crippen molar-refractivity contribution < 1.29 is 30.0 Å². The molecule has 0 saturated carbocycles. The molecule has 0 fully saturated rings. The number of halogens is 3. The highest BCUT2D eigenvalue weighted by Gasteiger charge is 2.30. The summed E-state index contributed by atoms with van der Waals surface area (Å²) in [5.41, 5.74) is -0.621. The van der Waals surface area contributed by atoms with Gasteiger partial charge in [0.2, 0.25) is 0 Å². The van der Waals surface area contributed by atoms with Gasteiger partial charge >= 0.3 is 6.18 Å². The number of para-hydroxylation sites is 1. The molecular weight excluding hydrogens is 453 g/mol. The van der Waals surface area contributed by atoms with E-state index in [1.807, 2.05) is 0 Å². The molecule has 0 aliphatic heterocycles. The Morgan fingerprint density at radius 2 is 1.39 bits per heavy atom. The predicted octanol–water partition coefficient (Wildman–Crippen LogP) is 4.33. The molecule has 1 N–H and O–H groups in total. The van der Waals surface area contributed by atoms with Crippen molar-refractivity contribution in [1.29, 1.82) is 0 Å². The molecule has 0 aliphatic carbocycles. The third-order valence-electron chi connectivity index (χ3n) is 4.36. The summed E-state index contributed by atoms with van der Waals surface area (Å²) in [6, 6.07) is 16.4. The van der Waals surface area contributed by atoms with E-state index in [4.69, 9.17) is 0 Å². The van der Waals surface area contributed by atoms with Gasteiger partial charge in [0.1, 0.15) is 0 Å². The Morgan fingerprint density at radius 3 is 1.97 bits per heavy atom. The molecule has 0 amide bonds. The topological polar surface area (TPSA) is 83.6 Å². The summed E-state index contributed by atoms with van der Waals surface area (Å²) in [5.74, 6) is 0. The molecule has 3 aromatic carbocycles. The van der Waals surface area contributed by atoms with Gasteiger partial charge in [-0.25, -0.2) is 16.8 Å². The monoisotopic (exact) mass is 470 g/mol. The van der Waals surface area contributed by atoms with Crippen molar-refractivity contribution in [3.05, 3.63) is 84.4 Å². The highest BCUT2D eigenvalue weighted by molar-refractivity contribution is 7.93. The van der Waals surface area contributed by atoms with Gasteiger partial charge in [0, 0.05) is 7.05 Å². The standard InChI is InChI=1S/C20H17F3N2O4S2/c1-25(17-7-3-2-4-8-17)31(28,29)19-9-5-6-16(14-19)24-30(26,27)18-12-10-15(11-13-18)20(21,22)23/h2-14,24H,1H3. The Morgan fingerprint density at radius 1 is 0.774 bits per heavy atom. The van der Waals surface area contributed by atoms with Crippen LogP contribution in [0.3, 0.4) is 0 Å². The normalized spacial score (nSPS) is 12.4. The van der Waals surface area contributed by atoms with Crippen molar-refractivity contribution in [1.82, 2.24) is 0 Å². The molecule has 0 radical (unpaired) electrons. The van der Waals surface area contributed by atoms with Crippen LogP contribution in [0.1, 0.15) is 5.56 Å². The van der Waals surface area contributed by atoms with Gasteiger partial charge in [-0.05, 0) is 54.6 Å². The van der Waals surface area contributed by atoms with Crippen molar-refractivity contribution in [2.75, 3.05) is 16.1 Å². The molecule has 31 heavy (non-hydrogen) atoms. The number of hydrogen-bond acceptors (Lipinski definition) is 4. The Labute approximate surface area is 178 Å². The first-order chi connectivity index (χ1) is 14.4. The van der Waals surface area contributed by atoms with E-state index in [1.165, 1.54) is 25.2 Å². The van der Waals surface area contributed by atoms with Crippen LogP contribution in [0.5, 0.6) is 0 Å². The van der Waals surface area contributed by atoms with E-state index in [9.17, 15) is 30.0 Å². The average molecular weight is 470 g/mol. The van der Waals surface area contributed by atoms with Gasteiger partial charge in [-0.2, -0.15) is 13.2 Å². The third-order valence-corrected chi connectivity index (χ3v) is 7.54. The zero-order valence-corrected chi connectivity index (χ0v) is 17.7. The summed E-state index contributed by atoms with van der Waals surface area (Å²) in [6.45, 7) is 0. The molecule has 0 atom stereocenters. The highest BCUT2D eigenvalue weighted by atomic mass is 32.2. The minimum Gasteiger partial charge on any atom is -0.280 e. The molecule has 11 heteroatoms. The fourth-order valence-electron chi connectivity index (χ4n) is 2.69. The van der Waals surface area contributed by atoms with Crippen LogP contribution < -0.4 is 9.03 Å². The lowest BCUT2D eigenvalue weighted by Crippen LogP contribution is -2.26. The van der Waals surface area contributed by atoms with Crippen molar-refractivity contribution in [2.45, 2.75) is 16.0 Å². The lowest BCUT2D eigenvalue weighted by molar-refractivity contribution is -0.137. The second-order valence-electron chi connectivity index (χ2n) is 6.46. The fraction of sp³-hybridized carbons (Fsp3) is 0.100. The second-order valence-corrected chi connectivity index (χ2v) is 10.1. The molecule has 3 rings (SSSR count). The Kier molecular flexibility index (Phi) is 6.01. The number of sulfonamides is 2. The van der Waals surface area contributed by atoms with Crippen LogP contribution in [0, 0.1) is 0 Å². The number of nitrogens with zero attached hydrogens (tertiary/aromatic N) is 1. The van der Waals surface area contributed by atoms with E-state index < -0.39 is 36.7 Å². The summed E-state index contributed by atoms with van der Waals surface area (Å²) in [7, 11) is -6.85. The maximum atomic E-state index is 12.9. The van der Waals surface area contributed by atoms with Crippen molar-refractivity contribution in [3.63, 3.8) is 0 Å². The van der Waals surface area contributed by atoms with E-state index >= 15 is 0 Å². The molecule has 0 unspecified atom stereocenters. The number of hydrogen-bond donors (Lipinski definition) is 1. The quantitative estimate of drug-likeness (QED) is 0.581. The highest BCUT2D eigenvalue weighted by Crippen LogP contribution is 2.30. The van der Waals surface area contributed by atoms with Crippen LogP contribution in [0.2, 0.25) is 0 Å². The summed E-state index contributed by atoms with van der Waals surface area (Å²) in [5, 5.41) is 0. The third kappa shape index (κ3) is 5.00. The lowest BCUT2D eigenvalue weighted by Gasteiger charge is -2.20. The molecule has 0 saturated heterocycles. The van der Waals surface area contributed by atoms with Crippen LogP contribution in [0.4, 0.5) is 24.5 Å². The molecule has 0 spiro atoms. The Hall–Kier alpha value is -3.05. The molecule has 0 aromatic heterocycles. The Bertz CT molecular complexity index is 1280. The zero-order valence-electron chi connectivity index (χ0n) is 16.0. The molecule has 3 aromatic rings. The molecule has 6 nitrogen and oxygen atoms in total. The van der Waals surface area contributed by atoms with Crippen LogP contribution in [-0.2, 0) is 26.2 Å². The fourth-order valence-corrected chi connectivity index (χ4v) is 4.98. The first-order valence-corrected chi connectivity index (χ1v) is 11.7.